The molecule has 6 nitrogen and oxygen atoms in total. The second kappa shape index (κ2) is 9.12. The summed E-state index contributed by atoms with van der Waals surface area (Å²) in [5.74, 6) is 0. The third-order valence-electron chi connectivity index (χ3n) is 5.56. The maximum atomic E-state index is 13.1. The fraction of sp³-hybridized carbons (Fsp3) is 0.333. The van der Waals surface area contributed by atoms with Crippen molar-refractivity contribution in [1.29, 1.82) is 0 Å². The van der Waals surface area contributed by atoms with Gasteiger partial charge in [-0.1, -0.05) is 23.7 Å². The number of carbonyl (C=O) groups is 1. The molecular weight excluding hydrogens is 414 g/mol. The number of hydrogen-bond donors (Lipinski definition) is 2. The molecule has 2 amide bonds. The molecule has 162 valence electrons. The monoisotopic (exact) mass is 439 g/mol. The van der Waals surface area contributed by atoms with Crippen LogP contribution in [0.2, 0.25) is 5.02 Å². The number of aryl methyl sites for hydroxylation is 2. The third kappa shape index (κ3) is 5.09. The molecule has 7 heteroatoms. The lowest BCUT2D eigenvalue weighted by Crippen LogP contribution is -2.40. The molecule has 1 aliphatic heterocycles. The first-order chi connectivity index (χ1) is 14.9. The molecular formula is C24H26ClN3O3. The molecule has 0 radical (unpaired) electrons. The number of aromatic amines is 1. The number of nitrogens with zero attached hydrogens (tertiary/aromatic N) is 1. The van der Waals surface area contributed by atoms with Crippen LogP contribution in [0, 0.1) is 13.8 Å². The quantitative estimate of drug-likeness (QED) is 0.586. The van der Waals surface area contributed by atoms with E-state index < -0.39 is 0 Å². The van der Waals surface area contributed by atoms with Crippen molar-refractivity contribution >= 4 is 34.2 Å². The van der Waals surface area contributed by atoms with Crippen molar-refractivity contribution < 1.29 is 9.53 Å². The molecule has 1 atom stereocenters. The zero-order valence-corrected chi connectivity index (χ0v) is 18.5. The van der Waals surface area contributed by atoms with Crippen LogP contribution in [0.15, 0.2) is 47.3 Å². The number of carbonyl (C=O) groups excluding carboxylic acids is 1. The van der Waals surface area contributed by atoms with E-state index in [0.29, 0.717) is 29.4 Å². The molecule has 0 unspecified atom stereocenters. The Hall–Kier alpha value is -2.83. The van der Waals surface area contributed by atoms with Gasteiger partial charge in [0.25, 0.3) is 5.56 Å². The molecule has 1 aromatic heterocycles. The summed E-state index contributed by atoms with van der Waals surface area (Å²) in [5.41, 5.74) is 3.94. The fourth-order valence-electron chi connectivity index (χ4n) is 4.06. The molecule has 0 spiro atoms. The molecule has 1 aliphatic rings. The molecule has 3 aromatic rings. The van der Waals surface area contributed by atoms with Gasteiger partial charge in [0.1, 0.15) is 0 Å². The topological polar surface area (TPSA) is 74.4 Å². The first-order valence-electron chi connectivity index (χ1n) is 10.5. The Morgan fingerprint density at radius 1 is 1.26 bits per heavy atom. The van der Waals surface area contributed by atoms with Crippen LogP contribution in [0.5, 0.6) is 0 Å². The average molecular weight is 440 g/mol. The van der Waals surface area contributed by atoms with Gasteiger partial charge in [0.15, 0.2) is 0 Å². The van der Waals surface area contributed by atoms with Crippen LogP contribution in [-0.2, 0) is 11.3 Å². The third-order valence-corrected chi connectivity index (χ3v) is 5.80. The zero-order valence-electron chi connectivity index (χ0n) is 17.7. The van der Waals surface area contributed by atoms with Gasteiger partial charge in [0, 0.05) is 40.3 Å². The molecule has 31 heavy (non-hydrogen) atoms. The van der Waals surface area contributed by atoms with Crippen LogP contribution in [0.1, 0.15) is 29.5 Å². The number of anilines is 1. The number of pyridine rings is 1. The minimum Gasteiger partial charge on any atom is -0.376 e. The minimum atomic E-state index is -0.294. The second-order valence-electron chi connectivity index (χ2n) is 8.12. The summed E-state index contributed by atoms with van der Waals surface area (Å²) in [6, 6.07) is 12.6. The van der Waals surface area contributed by atoms with Crippen molar-refractivity contribution in [3.8, 4) is 0 Å². The number of amides is 2. The Labute approximate surface area is 186 Å². The molecule has 2 N–H and O–H groups in total. The van der Waals surface area contributed by atoms with Crippen LogP contribution >= 0.6 is 11.6 Å². The number of benzene rings is 2. The summed E-state index contributed by atoms with van der Waals surface area (Å²) in [5, 5.41) is 4.41. The van der Waals surface area contributed by atoms with Crippen molar-refractivity contribution in [2.45, 2.75) is 39.3 Å². The van der Waals surface area contributed by atoms with Crippen LogP contribution in [0.25, 0.3) is 10.9 Å². The summed E-state index contributed by atoms with van der Waals surface area (Å²) >= 11 is 6.05. The number of rotatable bonds is 5. The number of nitrogens with one attached hydrogen (secondary N) is 2. The number of H-pyrrole nitrogens is 1. The lowest BCUT2D eigenvalue weighted by atomic mass is 10.0. The molecule has 0 bridgehead atoms. The molecule has 2 heterocycles. The lowest BCUT2D eigenvalue weighted by Gasteiger charge is -2.26. The first kappa shape index (κ1) is 21.4. The van der Waals surface area contributed by atoms with Crippen molar-refractivity contribution in [1.82, 2.24) is 9.88 Å². The van der Waals surface area contributed by atoms with E-state index in [0.717, 1.165) is 34.9 Å². The number of ether oxygens (including phenoxy) is 1. The van der Waals surface area contributed by atoms with Gasteiger partial charge in [0.2, 0.25) is 0 Å². The molecule has 2 aromatic carbocycles. The smallest absolute Gasteiger partial charge is 0.322 e. The molecule has 0 aliphatic carbocycles. The van der Waals surface area contributed by atoms with Gasteiger partial charge in [0.05, 0.1) is 12.6 Å². The van der Waals surface area contributed by atoms with E-state index in [9.17, 15) is 9.59 Å². The van der Waals surface area contributed by atoms with E-state index in [1.54, 1.807) is 29.2 Å². The Balaban J connectivity index is 1.63. The SMILES string of the molecule is Cc1cc(C)c2cc(CN(C[C@H]3CCCO3)C(=O)Nc3cccc(Cl)c3)c(=O)[nH]c2c1. The minimum absolute atomic E-state index is 0.0333. The van der Waals surface area contributed by atoms with Crippen molar-refractivity contribution in [2.75, 3.05) is 18.5 Å². The fourth-order valence-corrected chi connectivity index (χ4v) is 4.25. The maximum absolute atomic E-state index is 13.1. The van der Waals surface area contributed by atoms with E-state index in [4.69, 9.17) is 16.3 Å². The molecule has 0 saturated carbocycles. The van der Waals surface area contributed by atoms with Crippen molar-refractivity contribution in [3.63, 3.8) is 0 Å². The number of urea groups is 1. The molecule has 1 saturated heterocycles. The van der Waals surface area contributed by atoms with Crippen LogP contribution < -0.4 is 10.9 Å². The first-order valence-corrected chi connectivity index (χ1v) is 10.8. The Bertz CT molecular complexity index is 1170. The Morgan fingerprint density at radius 3 is 2.84 bits per heavy atom. The maximum Gasteiger partial charge on any atom is 0.322 e. The second-order valence-corrected chi connectivity index (χ2v) is 8.56. The van der Waals surface area contributed by atoms with Gasteiger partial charge in [-0.2, -0.15) is 0 Å². The standard InChI is InChI=1S/C24H26ClN3O3/c1-15-9-16(2)21-11-17(23(29)27-22(21)10-15)13-28(14-20-7-4-8-31-20)24(30)26-19-6-3-5-18(25)12-19/h3,5-6,9-12,20H,4,7-8,13-14H2,1-2H3,(H,26,30)(H,27,29)/t20-/m1/s1. The van der Waals surface area contributed by atoms with Gasteiger partial charge < -0.3 is 19.9 Å². The van der Waals surface area contributed by atoms with Gasteiger partial charge in [-0.05, 0) is 68.1 Å². The molecule has 4 rings (SSSR count). The van der Waals surface area contributed by atoms with Crippen LogP contribution in [0.3, 0.4) is 0 Å². The predicted octanol–water partition coefficient (Wildman–Crippen LogP) is 5.01. The zero-order chi connectivity index (χ0) is 22.0. The van der Waals surface area contributed by atoms with Gasteiger partial charge >= 0.3 is 6.03 Å². The van der Waals surface area contributed by atoms with Crippen molar-refractivity contribution in [3.05, 3.63) is 74.5 Å². The van der Waals surface area contributed by atoms with E-state index in [1.165, 1.54) is 0 Å². The van der Waals surface area contributed by atoms with E-state index >= 15 is 0 Å². The lowest BCUT2D eigenvalue weighted by molar-refractivity contribution is 0.0818. The highest BCUT2D eigenvalue weighted by atomic mass is 35.5. The summed E-state index contributed by atoms with van der Waals surface area (Å²) in [6.07, 6.45) is 1.84. The van der Waals surface area contributed by atoms with Crippen molar-refractivity contribution in [2.24, 2.45) is 0 Å². The average Bonchev–Trinajstić information content (AvgIpc) is 3.21. The highest BCUT2D eigenvalue weighted by Crippen LogP contribution is 2.21. The summed E-state index contributed by atoms with van der Waals surface area (Å²) < 4.78 is 5.74. The summed E-state index contributed by atoms with van der Waals surface area (Å²) in [4.78, 5) is 30.5. The summed E-state index contributed by atoms with van der Waals surface area (Å²) in [7, 11) is 0. The Kier molecular flexibility index (Phi) is 6.30. The predicted molar refractivity (Wildman–Crippen MR) is 124 cm³/mol. The Morgan fingerprint density at radius 2 is 2.10 bits per heavy atom. The van der Waals surface area contributed by atoms with Gasteiger partial charge in [-0.15, -0.1) is 0 Å². The van der Waals surface area contributed by atoms with E-state index in [2.05, 4.69) is 16.4 Å². The van der Waals surface area contributed by atoms with Crippen LogP contribution in [0.4, 0.5) is 10.5 Å². The van der Waals surface area contributed by atoms with Gasteiger partial charge in [-0.3, -0.25) is 4.79 Å². The number of fused-ring (bicyclic) bond motifs is 1. The largest absolute Gasteiger partial charge is 0.376 e. The van der Waals surface area contributed by atoms with Crippen LogP contribution in [-0.4, -0.2) is 35.2 Å². The van der Waals surface area contributed by atoms with E-state index in [-0.39, 0.29) is 24.2 Å². The number of aromatic nitrogens is 1. The highest BCUT2D eigenvalue weighted by molar-refractivity contribution is 6.30. The normalized spacial score (nSPS) is 15.9. The summed E-state index contributed by atoms with van der Waals surface area (Å²) in [6.45, 7) is 5.32. The van der Waals surface area contributed by atoms with Gasteiger partial charge in [-0.25, -0.2) is 4.79 Å². The molecule has 1 fully saturated rings. The number of hydrogen-bond acceptors (Lipinski definition) is 3. The number of halogens is 1. The highest BCUT2D eigenvalue weighted by Gasteiger charge is 2.24. The van der Waals surface area contributed by atoms with E-state index in [1.807, 2.05) is 26.0 Å².